The van der Waals surface area contributed by atoms with Crippen LogP contribution in [0.1, 0.15) is 38.8 Å². The Bertz CT molecular complexity index is 1080. The number of carboxylic acid groups (broad SMARTS) is 1. The van der Waals surface area contributed by atoms with Crippen molar-refractivity contribution in [1.82, 2.24) is 0 Å². The molecule has 0 saturated carbocycles. The summed E-state index contributed by atoms with van der Waals surface area (Å²) < 4.78 is 11.5. The molecule has 2 aromatic carbocycles. The first-order chi connectivity index (χ1) is 13.1. The zero-order valence-corrected chi connectivity index (χ0v) is 16.7. The summed E-state index contributed by atoms with van der Waals surface area (Å²) in [5.41, 5.74) is 2.72. The molecule has 0 unspecified atom stereocenters. The minimum Gasteiger partial charge on any atom is -0.479 e. The van der Waals surface area contributed by atoms with E-state index in [0.29, 0.717) is 16.5 Å². The molecule has 1 N–H and O–H groups in total. The van der Waals surface area contributed by atoms with E-state index in [4.69, 9.17) is 9.15 Å². The van der Waals surface area contributed by atoms with E-state index >= 15 is 0 Å². The lowest BCUT2D eigenvalue weighted by Gasteiger charge is -2.19. The van der Waals surface area contributed by atoms with Gasteiger partial charge in [-0.2, -0.15) is 0 Å². The molecule has 0 saturated heterocycles. The van der Waals surface area contributed by atoms with Crippen molar-refractivity contribution in [3.63, 3.8) is 0 Å². The third-order valence-corrected chi connectivity index (χ3v) is 4.66. The van der Waals surface area contributed by atoms with Crippen LogP contribution in [0.25, 0.3) is 22.3 Å². The Morgan fingerprint density at radius 3 is 2.32 bits per heavy atom. The molecule has 0 fully saturated rings. The van der Waals surface area contributed by atoms with Crippen LogP contribution < -0.4 is 10.2 Å². The maximum absolute atomic E-state index is 13.1. The highest BCUT2D eigenvalue weighted by Crippen LogP contribution is 2.33. The van der Waals surface area contributed by atoms with Gasteiger partial charge in [-0.15, -0.1) is 0 Å². The lowest BCUT2D eigenvalue weighted by molar-refractivity contribution is -0.144. The highest BCUT2D eigenvalue weighted by atomic mass is 16.5. The van der Waals surface area contributed by atoms with Gasteiger partial charge in [0.1, 0.15) is 5.58 Å². The number of carbonyl (C=O) groups is 1. The van der Waals surface area contributed by atoms with E-state index in [9.17, 15) is 14.7 Å². The summed E-state index contributed by atoms with van der Waals surface area (Å²) in [6.07, 6.45) is -1.18. The van der Waals surface area contributed by atoms with Crippen LogP contribution in [0.15, 0.2) is 51.7 Å². The van der Waals surface area contributed by atoms with Crippen molar-refractivity contribution in [2.45, 2.75) is 46.1 Å². The number of aliphatic carboxylic acids is 1. The third kappa shape index (κ3) is 3.79. The summed E-state index contributed by atoms with van der Waals surface area (Å²) in [4.78, 5) is 24.4. The summed E-state index contributed by atoms with van der Waals surface area (Å²) in [6, 6.07) is 13.0. The summed E-state index contributed by atoms with van der Waals surface area (Å²) in [5.74, 6) is -1.01. The second-order valence-electron chi connectivity index (χ2n) is 8.01. The molecule has 0 aliphatic carbocycles. The molecule has 5 nitrogen and oxygen atoms in total. The van der Waals surface area contributed by atoms with Gasteiger partial charge in [0.05, 0.1) is 5.39 Å². The first kappa shape index (κ1) is 19.7. The molecule has 0 bridgehead atoms. The number of ether oxygens (including phenoxy) is 1. The topological polar surface area (TPSA) is 76.7 Å². The van der Waals surface area contributed by atoms with Gasteiger partial charge in [-0.05, 0) is 37.0 Å². The van der Waals surface area contributed by atoms with Crippen molar-refractivity contribution < 1.29 is 19.1 Å². The van der Waals surface area contributed by atoms with Gasteiger partial charge >= 0.3 is 5.97 Å². The van der Waals surface area contributed by atoms with Crippen LogP contribution in [0.3, 0.4) is 0 Å². The van der Waals surface area contributed by atoms with E-state index in [2.05, 4.69) is 20.8 Å². The molecule has 0 aliphatic rings. The maximum Gasteiger partial charge on any atom is 0.344 e. The molecular weight excluding hydrogens is 356 g/mol. The Morgan fingerprint density at radius 1 is 1.11 bits per heavy atom. The van der Waals surface area contributed by atoms with Crippen LogP contribution in [-0.4, -0.2) is 17.2 Å². The minimum atomic E-state index is -1.18. The summed E-state index contributed by atoms with van der Waals surface area (Å²) in [6.45, 7) is 9.60. The molecule has 3 aromatic rings. The highest BCUT2D eigenvalue weighted by Gasteiger charge is 2.23. The molecule has 1 aromatic heterocycles. The molecule has 0 spiro atoms. The minimum absolute atomic E-state index is 0.0164. The van der Waals surface area contributed by atoms with E-state index in [1.807, 2.05) is 37.3 Å². The zero-order valence-electron chi connectivity index (χ0n) is 16.7. The van der Waals surface area contributed by atoms with Crippen molar-refractivity contribution >= 4 is 16.9 Å². The fourth-order valence-corrected chi connectivity index (χ4v) is 2.94. The molecule has 1 atom stereocenters. The average Bonchev–Trinajstić information content (AvgIpc) is 2.63. The smallest absolute Gasteiger partial charge is 0.344 e. The maximum atomic E-state index is 13.1. The fourth-order valence-electron chi connectivity index (χ4n) is 2.94. The Hall–Kier alpha value is -3.08. The monoisotopic (exact) mass is 380 g/mol. The van der Waals surface area contributed by atoms with Gasteiger partial charge in [0, 0.05) is 5.56 Å². The molecule has 1 heterocycles. The molecule has 28 heavy (non-hydrogen) atoms. The highest BCUT2D eigenvalue weighted by molar-refractivity contribution is 5.83. The zero-order chi connectivity index (χ0) is 20.6. The molecule has 0 radical (unpaired) electrons. The first-order valence-corrected chi connectivity index (χ1v) is 9.16. The van der Waals surface area contributed by atoms with E-state index in [0.717, 1.165) is 11.1 Å². The largest absolute Gasteiger partial charge is 0.479 e. The van der Waals surface area contributed by atoms with Gasteiger partial charge in [-0.3, -0.25) is 4.79 Å². The van der Waals surface area contributed by atoms with Crippen LogP contribution in [0.2, 0.25) is 0 Å². The fraction of sp³-hybridized carbons (Fsp3) is 0.304. The normalized spacial score (nSPS) is 12.8. The second-order valence-corrected chi connectivity index (χ2v) is 8.01. The quantitative estimate of drug-likeness (QED) is 0.695. The molecular formula is C23H24O5. The summed E-state index contributed by atoms with van der Waals surface area (Å²) in [5, 5.41) is 9.58. The van der Waals surface area contributed by atoms with Crippen LogP contribution >= 0.6 is 0 Å². The lowest BCUT2D eigenvalue weighted by atomic mass is 9.86. The molecule has 5 heteroatoms. The number of fused-ring (bicyclic) bond motifs is 1. The van der Waals surface area contributed by atoms with Gasteiger partial charge in [-0.25, -0.2) is 4.79 Å². The van der Waals surface area contributed by atoms with Crippen LogP contribution in [0.4, 0.5) is 0 Å². The van der Waals surface area contributed by atoms with Gasteiger partial charge in [0.25, 0.3) is 0 Å². The van der Waals surface area contributed by atoms with Crippen LogP contribution in [-0.2, 0) is 10.2 Å². The first-order valence-electron chi connectivity index (χ1n) is 9.16. The molecule has 3 rings (SSSR count). The summed E-state index contributed by atoms with van der Waals surface area (Å²) >= 11 is 0. The predicted molar refractivity (Wildman–Crippen MR) is 109 cm³/mol. The van der Waals surface area contributed by atoms with Crippen LogP contribution in [0.5, 0.6) is 5.75 Å². The lowest BCUT2D eigenvalue weighted by Crippen LogP contribution is -2.26. The van der Waals surface area contributed by atoms with Crippen molar-refractivity contribution in [2.24, 2.45) is 0 Å². The van der Waals surface area contributed by atoms with Crippen molar-refractivity contribution in [3.05, 3.63) is 63.8 Å². The average molecular weight is 380 g/mol. The van der Waals surface area contributed by atoms with Gasteiger partial charge in [-0.1, -0.05) is 56.7 Å². The Morgan fingerprint density at radius 2 is 1.75 bits per heavy atom. The van der Waals surface area contributed by atoms with Crippen molar-refractivity contribution in [3.8, 4) is 17.1 Å². The predicted octanol–water partition coefficient (Wildman–Crippen LogP) is 4.92. The number of carboxylic acids is 1. The van der Waals surface area contributed by atoms with E-state index in [1.165, 1.54) is 6.92 Å². The van der Waals surface area contributed by atoms with E-state index in [-0.39, 0.29) is 22.4 Å². The van der Waals surface area contributed by atoms with Crippen LogP contribution in [0, 0.1) is 6.92 Å². The van der Waals surface area contributed by atoms with E-state index < -0.39 is 12.1 Å². The Balaban J connectivity index is 2.23. The summed E-state index contributed by atoms with van der Waals surface area (Å²) in [7, 11) is 0. The van der Waals surface area contributed by atoms with Gasteiger partial charge in [0.15, 0.2) is 11.9 Å². The molecule has 0 amide bonds. The van der Waals surface area contributed by atoms with Crippen molar-refractivity contribution in [2.75, 3.05) is 0 Å². The Labute approximate surface area is 163 Å². The standard InChI is InChI=1S/C23H24O5/c1-13-6-11-18-17(12-13)19(24)21(27-14(2)22(25)26)20(28-18)15-7-9-16(10-8-15)23(3,4)5/h6-12,14H,1-5H3,(H,25,26)/t14-/m1/s1. The third-order valence-electron chi connectivity index (χ3n) is 4.66. The second kappa shape index (κ2) is 7.15. The number of rotatable bonds is 4. The SMILES string of the molecule is Cc1ccc2oc(-c3ccc(C(C)(C)C)cc3)c(O[C@H](C)C(=O)O)c(=O)c2c1. The van der Waals surface area contributed by atoms with Gasteiger partial charge in [0.2, 0.25) is 11.2 Å². The molecule has 146 valence electrons. The number of hydrogen-bond acceptors (Lipinski definition) is 4. The molecule has 0 aliphatic heterocycles. The van der Waals surface area contributed by atoms with Crippen molar-refractivity contribution in [1.29, 1.82) is 0 Å². The van der Waals surface area contributed by atoms with E-state index in [1.54, 1.807) is 12.1 Å². The number of aryl methyl sites for hydroxylation is 1. The number of hydrogen-bond donors (Lipinski definition) is 1. The number of benzene rings is 2. The Kier molecular flexibility index (Phi) is 5.02. The van der Waals surface area contributed by atoms with Gasteiger partial charge < -0.3 is 14.3 Å².